The summed E-state index contributed by atoms with van der Waals surface area (Å²) in [6, 6.07) is 0. The molecule has 9 heteroatoms. The predicted octanol–water partition coefficient (Wildman–Crippen LogP) is 1.41. The highest BCUT2D eigenvalue weighted by atomic mass is 19.4. The molecule has 0 spiro atoms. The number of hydrogen-bond donors (Lipinski definition) is 1. The minimum Gasteiger partial charge on any atom is -0.379 e. The van der Waals surface area contributed by atoms with Gasteiger partial charge in [-0.1, -0.05) is 0 Å². The van der Waals surface area contributed by atoms with Crippen LogP contribution >= 0.6 is 0 Å². The molecule has 1 amide bonds. The molecule has 1 aliphatic heterocycles. The summed E-state index contributed by atoms with van der Waals surface area (Å²) in [5.74, 6) is -7.71. The molecule has 1 rings (SSSR count). The number of alkyl halides is 5. The molecule has 1 aliphatic rings. The maximum atomic E-state index is 12.8. The monoisotopic (exact) mass is 304 g/mol. The average Bonchev–Trinajstić information content (AvgIpc) is 2.35. The Morgan fingerprint density at radius 3 is 2.10 bits per heavy atom. The van der Waals surface area contributed by atoms with Gasteiger partial charge in [-0.25, -0.2) is 0 Å². The van der Waals surface area contributed by atoms with Gasteiger partial charge in [0.15, 0.2) is 0 Å². The van der Waals surface area contributed by atoms with Crippen molar-refractivity contribution in [1.82, 2.24) is 10.2 Å². The van der Waals surface area contributed by atoms with Gasteiger partial charge in [-0.15, -0.1) is 0 Å². The summed E-state index contributed by atoms with van der Waals surface area (Å²) in [6.07, 6.45) is -5.89. The van der Waals surface area contributed by atoms with Crippen molar-refractivity contribution in [2.45, 2.75) is 31.5 Å². The summed E-state index contributed by atoms with van der Waals surface area (Å²) in [7, 11) is 0. The fourth-order valence-electron chi connectivity index (χ4n) is 1.82. The quantitative estimate of drug-likeness (QED) is 0.799. The van der Waals surface area contributed by atoms with Gasteiger partial charge in [0.25, 0.3) is 5.91 Å². The topological polar surface area (TPSA) is 41.6 Å². The van der Waals surface area contributed by atoms with Crippen LogP contribution in [0.25, 0.3) is 0 Å². The van der Waals surface area contributed by atoms with Gasteiger partial charge in [0, 0.05) is 25.2 Å². The maximum Gasteiger partial charge on any atom is 0.463 e. The van der Waals surface area contributed by atoms with Gasteiger partial charge in [0.2, 0.25) is 0 Å². The van der Waals surface area contributed by atoms with Crippen LogP contribution in [0.4, 0.5) is 22.0 Å². The Labute approximate surface area is 113 Å². The third kappa shape index (κ3) is 3.78. The second-order valence-electron chi connectivity index (χ2n) is 5.17. The molecule has 1 N–H and O–H groups in total. The van der Waals surface area contributed by atoms with E-state index in [0.717, 1.165) is 0 Å². The summed E-state index contributed by atoms with van der Waals surface area (Å²) in [5.41, 5.74) is -0.735. The van der Waals surface area contributed by atoms with E-state index in [9.17, 15) is 26.7 Å². The summed E-state index contributed by atoms with van der Waals surface area (Å²) >= 11 is 0. The first-order valence-corrected chi connectivity index (χ1v) is 6.04. The molecular formula is C11H17F5N2O2. The Morgan fingerprint density at radius 1 is 1.15 bits per heavy atom. The third-order valence-corrected chi connectivity index (χ3v) is 3.19. The number of rotatable bonds is 4. The molecule has 118 valence electrons. The fourth-order valence-corrected chi connectivity index (χ4v) is 1.82. The number of ether oxygens (including phenoxy) is 1. The lowest BCUT2D eigenvalue weighted by Crippen LogP contribution is -2.58. The molecule has 1 fully saturated rings. The predicted molar refractivity (Wildman–Crippen MR) is 60.5 cm³/mol. The van der Waals surface area contributed by atoms with Gasteiger partial charge in [0.1, 0.15) is 0 Å². The summed E-state index contributed by atoms with van der Waals surface area (Å²) in [5, 5.41) is 1.68. The molecule has 0 bridgehead atoms. The van der Waals surface area contributed by atoms with E-state index in [0.29, 0.717) is 26.3 Å². The lowest BCUT2D eigenvalue weighted by molar-refractivity contribution is -0.269. The van der Waals surface area contributed by atoms with E-state index in [2.05, 4.69) is 0 Å². The standard InChI is InChI=1S/C11H17F5N2O2/c1-9(2,18-3-5-20-6-4-18)7-17-8(19)10(12,13)11(14,15)16/h3-7H2,1-2H3,(H,17,19). The lowest BCUT2D eigenvalue weighted by atomic mass is 10.0. The average molecular weight is 304 g/mol. The van der Waals surface area contributed by atoms with E-state index in [1.54, 1.807) is 19.2 Å². The Bertz CT molecular complexity index is 351. The van der Waals surface area contributed by atoms with Gasteiger partial charge in [0.05, 0.1) is 13.2 Å². The van der Waals surface area contributed by atoms with Gasteiger partial charge < -0.3 is 10.1 Å². The third-order valence-electron chi connectivity index (χ3n) is 3.19. The van der Waals surface area contributed by atoms with Crippen molar-refractivity contribution < 1.29 is 31.5 Å². The van der Waals surface area contributed by atoms with Crippen LogP contribution in [0.15, 0.2) is 0 Å². The van der Waals surface area contributed by atoms with E-state index in [1.807, 2.05) is 4.90 Å². The smallest absolute Gasteiger partial charge is 0.379 e. The summed E-state index contributed by atoms with van der Waals surface area (Å²) in [6.45, 7) is 4.97. The van der Waals surface area contributed by atoms with Crippen LogP contribution in [0, 0.1) is 0 Å². The zero-order valence-electron chi connectivity index (χ0n) is 11.2. The number of nitrogens with zero attached hydrogens (tertiary/aromatic N) is 1. The van der Waals surface area contributed by atoms with Gasteiger partial charge in [-0.2, -0.15) is 22.0 Å². The highest BCUT2D eigenvalue weighted by Gasteiger charge is 2.63. The van der Waals surface area contributed by atoms with Crippen molar-refractivity contribution in [2.75, 3.05) is 32.8 Å². The van der Waals surface area contributed by atoms with Crippen molar-refractivity contribution >= 4 is 5.91 Å². The highest BCUT2D eigenvalue weighted by Crippen LogP contribution is 2.35. The molecule has 20 heavy (non-hydrogen) atoms. The molecule has 0 aromatic carbocycles. The molecule has 1 heterocycles. The Kier molecular flexibility index (Phi) is 4.96. The van der Waals surface area contributed by atoms with Crippen molar-refractivity contribution in [2.24, 2.45) is 0 Å². The molecule has 4 nitrogen and oxygen atoms in total. The van der Waals surface area contributed by atoms with E-state index >= 15 is 0 Å². The van der Waals surface area contributed by atoms with Crippen molar-refractivity contribution in [1.29, 1.82) is 0 Å². The number of carbonyl (C=O) groups is 1. The SMILES string of the molecule is CC(C)(CNC(=O)C(F)(F)C(F)(F)F)N1CCOCC1. The van der Waals surface area contributed by atoms with Crippen LogP contribution < -0.4 is 5.32 Å². The van der Waals surface area contributed by atoms with E-state index in [4.69, 9.17) is 4.74 Å². The molecule has 1 saturated heterocycles. The van der Waals surface area contributed by atoms with Crippen molar-refractivity contribution in [3.8, 4) is 0 Å². The maximum absolute atomic E-state index is 12.8. The normalized spacial score (nSPS) is 18.9. The van der Waals surface area contributed by atoms with Crippen LogP contribution in [0.5, 0.6) is 0 Å². The first-order chi connectivity index (χ1) is 8.98. The molecule has 0 saturated carbocycles. The molecule has 0 aromatic rings. The number of hydrogen-bond acceptors (Lipinski definition) is 3. The van der Waals surface area contributed by atoms with Crippen LogP contribution in [-0.2, 0) is 9.53 Å². The van der Waals surface area contributed by atoms with Crippen molar-refractivity contribution in [3.05, 3.63) is 0 Å². The fraction of sp³-hybridized carbons (Fsp3) is 0.909. The van der Waals surface area contributed by atoms with E-state index < -0.39 is 23.5 Å². The van der Waals surface area contributed by atoms with Gasteiger partial charge in [-0.3, -0.25) is 9.69 Å². The van der Waals surface area contributed by atoms with Crippen molar-refractivity contribution in [3.63, 3.8) is 0 Å². The molecule has 0 atom stereocenters. The number of nitrogens with one attached hydrogen (secondary N) is 1. The number of amides is 1. The van der Waals surface area contributed by atoms with Crippen LogP contribution in [0.2, 0.25) is 0 Å². The van der Waals surface area contributed by atoms with E-state index in [1.165, 1.54) is 0 Å². The number of halogens is 5. The Balaban J connectivity index is 2.59. The van der Waals surface area contributed by atoms with Crippen LogP contribution in [0.3, 0.4) is 0 Å². The number of morpholine rings is 1. The number of carbonyl (C=O) groups excluding carboxylic acids is 1. The Morgan fingerprint density at radius 2 is 1.65 bits per heavy atom. The largest absolute Gasteiger partial charge is 0.463 e. The van der Waals surface area contributed by atoms with E-state index in [-0.39, 0.29) is 6.54 Å². The van der Waals surface area contributed by atoms with Crippen LogP contribution in [0.1, 0.15) is 13.8 Å². The highest BCUT2D eigenvalue weighted by molar-refractivity contribution is 5.84. The molecule has 0 aromatic heterocycles. The zero-order valence-corrected chi connectivity index (χ0v) is 11.2. The first kappa shape index (κ1) is 17.1. The second-order valence-corrected chi connectivity index (χ2v) is 5.17. The molecule has 0 unspecified atom stereocenters. The lowest BCUT2D eigenvalue weighted by Gasteiger charge is -2.41. The Hall–Kier alpha value is -0.960. The van der Waals surface area contributed by atoms with Gasteiger partial charge in [-0.05, 0) is 13.8 Å². The molecule has 0 aliphatic carbocycles. The molecular weight excluding hydrogens is 287 g/mol. The summed E-state index contributed by atoms with van der Waals surface area (Å²) in [4.78, 5) is 12.9. The minimum absolute atomic E-state index is 0.308. The first-order valence-electron chi connectivity index (χ1n) is 6.04. The summed E-state index contributed by atoms with van der Waals surface area (Å²) < 4.78 is 66.7. The molecule has 0 radical (unpaired) electrons. The van der Waals surface area contributed by atoms with Gasteiger partial charge >= 0.3 is 12.1 Å². The minimum atomic E-state index is -5.89. The second kappa shape index (κ2) is 5.80. The zero-order chi connectivity index (χ0) is 15.6. The van der Waals surface area contributed by atoms with Crippen LogP contribution in [-0.4, -0.2) is 61.3 Å².